The van der Waals surface area contributed by atoms with E-state index in [2.05, 4.69) is 113 Å². The quantitative estimate of drug-likeness (QED) is 0.237. The molecule has 0 fully saturated rings. The van der Waals surface area contributed by atoms with Crippen molar-refractivity contribution in [3.05, 3.63) is 118 Å². The summed E-state index contributed by atoms with van der Waals surface area (Å²) in [5, 5.41) is 5.29. The van der Waals surface area contributed by atoms with Crippen LogP contribution < -0.4 is 0 Å². The third-order valence-electron chi connectivity index (χ3n) is 5.99. The van der Waals surface area contributed by atoms with Crippen LogP contribution in [0.25, 0.3) is 32.7 Å². The van der Waals surface area contributed by atoms with Crippen molar-refractivity contribution in [1.29, 1.82) is 0 Å². The topological polar surface area (TPSA) is 0 Å². The van der Waals surface area contributed by atoms with E-state index < -0.39 is 0 Å². The third kappa shape index (κ3) is 2.23. The molecule has 1 heteroatoms. The van der Waals surface area contributed by atoms with Gasteiger partial charge < -0.3 is 0 Å². The lowest BCUT2D eigenvalue weighted by Gasteiger charge is -2.20. The highest BCUT2D eigenvalue weighted by Gasteiger charge is 2.31. The molecule has 1 unspecified atom stereocenters. The van der Waals surface area contributed by atoms with E-state index in [0.717, 1.165) is 4.47 Å². The molecule has 0 N–H and O–H groups in total. The summed E-state index contributed by atoms with van der Waals surface area (Å²) in [4.78, 5) is 0. The van der Waals surface area contributed by atoms with Gasteiger partial charge in [-0.1, -0.05) is 94.8 Å². The minimum atomic E-state index is 0.236. The Kier molecular flexibility index (Phi) is 3.48. The minimum Gasteiger partial charge on any atom is -0.0619 e. The van der Waals surface area contributed by atoms with Gasteiger partial charge in [-0.15, -0.1) is 0 Å². The molecule has 0 saturated carbocycles. The summed E-state index contributed by atoms with van der Waals surface area (Å²) in [7, 11) is 0. The number of benzene rings is 5. The van der Waals surface area contributed by atoms with E-state index in [4.69, 9.17) is 0 Å². The molecule has 5 aromatic carbocycles. The van der Waals surface area contributed by atoms with Crippen LogP contribution in [0, 0.1) is 0 Å². The van der Waals surface area contributed by atoms with E-state index in [1.165, 1.54) is 49.4 Å². The number of rotatable bonds is 1. The van der Waals surface area contributed by atoms with Gasteiger partial charge in [-0.2, -0.15) is 0 Å². The lowest BCUT2D eigenvalue weighted by Crippen LogP contribution is -2.02. The molecule has 6 rings (SSSR count). The van der Waals surface area contributed by atoms with Crippen LogP contribution in [-0.2, 0) is 0 Å². The van der Waals surface area contributed by atoms with Crippen LogP contribution in [0.4, 0.5) is 0 Å². The highest BCUT2D eigenvalue weighted by atomic mass is 79.9. The molecule has 0 bridgehead atoms. The van der Waals surface area contributed by atoms with Crippen molar-refractivity contribution < 1.29 is 0 Å². The lowest BCUT2D eigenvalue weighted by atomic mass is 9.83. The maximum Gasteiger partial charge on any atom is 0.0364 e. The smallest absolute Gasteiger partial charge is 0.0364 e. The molecule has 0 nitrogen and oxygen atoms in total. The van der Waals surface area contributed by atoms with Crippen molar-refractivity contribution >= 4 is 37.5 Å². The third-order valence-corrected chi connectivity index (χ3v) is 6.48. The number of hydrogen-bond donors (Lipinski definition) is 0. The zero-order valence-corrected chi connectivity index (χ0v) is 16.8. The van der Waals surface area contributed by atoms with Gasteiger partial charge in [-0.25, -0.2) is 0 Å². The molecule has 132 valence electrons. The first kappa shape index (κ1) is 16.1. The van der Waals surface area contributed by atoms with E-state index in [0.29, 0.717) is 0 Å². The molecule has 0 saturated heterocycles. The highest BCUT2D eigenvalue weighted by molar-refractivity contribution is 9.10. The van der Waals surface area contributed by atoms with Gasteiger partial charge in [0.2, 0.25) is 0 Å². The lowest BCUT2D eigenvalue weighted by molar-refractivity contribution is 1.04. The van der Waals surface area contributed by atoms with E-state index in [1.54, 1.807) is 0 Å². The van der Waals surface area contributed by atoms with Gasteiger partial charge in [0.25, 0.3) is 0 Å². The number of halogens is 1. The SMILES string of the molecule is Brc1ccc2c(c1)C(c1c3ccccc3cc3ccccc13)c1ccccc1-2. The largest absolute Gasteiger partial charge is 0.0619 e. The molecule has 0 heterocycles. The Balaban J connectivity index is 1.80. The Bertz CT molecular complexity index is 1330. The van der Waals surface area contributed by atoms with Crippen molar-refractivity contribution in [2.75, 3.05) is 0 Å². The van der Waals surface area contributed by atoms with Gasteiger partial charge in [0.05, 0.1) is 0 Å². The predicted octanol–water partition coefficient (Wildman–Crippen LogP) is 7.92. The molecule has 0 aliphatic heterocycles. The molecule has 1 aliphatic rings. The summed E-state index contributed by atoms with van der Waals surface area (Å²) in [5.74, 6) is 0.236. The second kappa shape index (κ2) is 6.05. The molecule has 0 aromatic heterocycles. The molecule has 0 spiro atoms. The average Bonchev–Trinajstić information content (AvgIpc) is 3.05. The zero-order chi connectivity index (χ0) is 18.7. The zero-order valence-electron chi connectivity index (χ0n) is 15.2. The van der Waals surface area contributed by atoms with Crippen LogP contribution in [0.2, 0.25) is 0 Å². The predicted molar refractivity (Wildman–Crippen MR) is 122 cm³/mol. The van der Waals surface area contributed by atoms with Crippen molar-refractivity contribution in [3.8, 4) is 11.1 Å². The average molecular weight is 421 g/mol. The first-order valence-corrected chi connectivity index (χ1v) is 10.4. The van der Waals surface area contributed by atoms with Crippen LogP contribution in [-0.4, -0.2) is 0 Å². The van der Waals surface area contributed by atoms with Crippen molar-refractivity contribution in [1.82, 2.24) is 0 Å². The van der Waals surface area contributed by atoms with Crippen LogP contribution in [0.5, 0.6) is 0 Å². The molecular formula is C27H17Br. The van der Waals surface area contributed by atoms with Crippen molar-refractivity contribution in [2.45, 2.75) is 5.92 Å². The van der Waals surface area contributed by atoms with E-state index in [-0.39, 0.29) is 5.92 Å². The monoisotopic (exact) mass is 420 g/mol. The summed E-state index contributed by atoms with van der Waals surface area (Å²) < 4.78 is 1.13. The van der Waals surface area contributed by atoms with Crippen LogP contribution in [0.3, 0.4) is 0 Å². The molecule has 28 heavy (non-hydrogen) atoms. The molecular weight excluding hydrogens is 404 g/mol. The summed E-state index contributed by atoms with van der Waals surface area (Å²) >= 11 is 3.71. The standard InChI is InChI=1S/C27H17Br/c28-19-13-14-23-22-11-5-6-12-24(22)27(25(23)16-19)26-20-9-3-1-7-17(20)15-18-8-2-4-10-21(18)26/h1-16,27H. The number of fused-ring (bicyclic) bond motifs is 5. The van der Waals surface area contributed by atoms with Crippen LogP contribution in [0.15, 0.2) is 102 Å². The van der Waals surface area contributed by atoms with Gasteiger partial charge >= 0.3 is 0 Å². The Hall–Kier alpha value is -2.90. The first-order chi connectivity index (χ1) is 13.8. The highest BCUT2D eigenvalue weighted by Crippen LogP contribution is 2.51. The molecule has 1 aliphatic carbocycles. The van der Waals surface area contributed by atoms with E-state index in [9.17, 15) is 0 Å². The second-order valence-electron chi connectivity index (χ2n) is 7.48. The van der Waals surface area contributed by atoms with Crippen molar-refractivity contribution in [3.63, 3.8) is 0 Å². The van der Waals surface area contributed by atoms with Gasteiger partial charge in [-0.3, -0.25) is 0 Å². The number of hydrogen-bond acceptors (Lipinski definition) is 0. The molecule has 0 radical (unpaired) electrons. The molecule has 0 amide bonds. The minimum absolute atomic E-state index is 0.236. The van der Waals surface area contributed by atoms with Gasteiger partial charge in [0.15, 0.2) is 0 Å². The molecule has 5 aromatic rings. The first-order valence-electron chi connectivity index (χ1n) is 9.60. The second-order valence-corrected chi connectivity index (χ2v) is 8.40. The fourth-order valence-corrected chi connectivity index (χ4v) is 5.23. The Morgan fingerprint density at radius 1 is 0.536 bits per heavy atom. The summed E-state index contributed by atoms with van der Waals surface area (Å²) in [6, 6.07) is 35.5. The van der Waals surface area contributed by atoms with Gasteiger partial charge in [-0.05, 0) is 67.6 Å². The fraction of sp³-hybridized carbons (Fsp3) is 0.0370. The Morgan fingerprint density at radius 2 is 1.14 bits per heavy atom. The van der Waals surface area contributed by atoms with Gasteiger partial charge in [0.1, 0.15) is 0 Å². The Morgan fingerprint density at radius 3 is 1.89 bits per heavy atom. The maximum atomic E-state index is 3.71. The fourth-order valence-electron chi connectivity index (χ4n) is 4.85. The van der Waals surface area contributed by atoms with E-state index >= 15 is 0 Å². The van der Waals surface area contributed by atoms with Crippen molar-refractivity contribution in [2.24, 2.45) is 0 Å². The normalized spacial score (nSPS) is 15.0. The Labute approximate surface area is 172 Å². The summed E-state index contributed by atoms with van der Waals surface area (Å²) in [6.07, 6.45) is 0. The summed E-state index contributed by atoms with van der Waals surface area (Å²) in [6.45, 7) is 0. The van der Waals surface area contributed by atoms with Crippen LogP contribution in [0.1, 0.15) is 22.6 Å². The van der Waals surface area contributed by atoms with E-state index in [1.807, 2.05) is 0 Å². The maximum absolute atomic E-state index is 3.71. The van der Waals surface area contributed by atoms with Crippen LogP contribution >= 0.6 is 15.9 Å². The summed E-state index contributed by atoms with van der Waals surface area (Å²) in [5.41, 5.74) is 6.90. The molecule has 1 atom stereocenters. The van der Waals surface area contributed by atoms with Gasteiger partial charge in [0, 0.05) is 10.4 Å².